The lowest BCUT2D eigenvalue weighted by Crippen LogP contribution is -1.99. The van der Waals surface area contributed by atoms with Gasteiger partial charge in [0, 0.05) is 5.56 Å². The van der Waals surface area contributed by atoms with Gasteiger partial charge in [-0.15, -0.1) is 0 Å². The van der Waals surface area contributed by atoms with Gasteiger partial charge in [0.1, 0.15) is 0 Å². The molecule has 0 fully saturated rings. The second-order valence-corrected chi connectivity index (χ2v) is 3.16. The fraction of sp³-hybridized carbons (Fsp3) is 0.273. The van der Waals surface area contributed by atoms with Crippen LogP contribution in [0.1, 0.15) is 36.6 Å². The molecule has 2 nitrogen and oxygen atoms in total. The summed E-state index contributed by atoms with van der Waals surface area (Å²) in [5.41, 5.74) is 3.01. The predicted octanol–water partition coefficient (Wildman–Crippen LogP) is 2.89. The average molecular weight is 174 g/mol. The van der Waals surface area contributed by atoms with Crippen LogP contribution >= 0.6 is 0 Å². The standard InChI is InChI=1S/C11H14N2/c1-5-9-10(8(3)4)7-12-13-11(9)6-2/h5-8H,1-2H2,3-4H3. The number of hydrogen-bond acceptors (Lipinski definition) is 2. The van der Waals surface area contributed by atoms with Crippen LogP contribution in [0.2, 0.25) is 0 Å². The largest absolute Gasteiger partial charge is 0.158 e. The van der Waals surface area contributed by atoms with Crippen LogP contribution in [-0.4, -0.2) is 10.2 Å². The van der Waals surface area contributed by atoms with Crippen molar-refractivity contribution < 1.29 is 0 Å². The van der Waals surface area contributed by atoms with Crippen molar-refractivity contribution in [3.8, 4) is 0 Å². The molecule has 0 unspecified atom stereocenters. The predicted molar refractivity (Wildman–Crippen MR) is 56.3 cm³/mol. The van der Waals surface area contributed by atoms with Crippen molar-refractivity contribution in [2.75, 3.05) is 0 Å². The van der Waals surface area contributed by atoms with Crippen molar-refractivity contribution >= 4 is 12.2 Å². The molecule has 0 atom stereocenters. The first kappa shape index (κ1) is 9.65. The van der Waals surface area contributed by atoms with Crippen molar-refractivity contribution in [1.82, 2.24) is 10.2 Å². The van der Waals surface area contributed by atoms with E-state index in [1.54, 1.807) is 18.3 Å². The lowest BCUT2D eigenvalue weighted by molar-refractivity contribution is 0.835. The summed E-state index contributed by atoms with van der Waals surface area (Å²) in [6.07, 6.45) is 5.30. The van der Waals surface area contributed by atoms with E-state index in [0.29, 0.717) is 5.92 Å². The van der Waals surface area contributed by atoms with Crippen molar-refractivity contribution in [3.05, 3.63) is 36.2 Å². The van der Waals surface area contributed by atoms with Crippen LogP contribution in [0.3, 0.4) is 0 Å². The number of hydrogen-bond donors (Lipinski definition) is 0. The fourth-order valence-corrected chi connectivity index (χ4v) is 1.26. The van der Waals surface area contributed by atoms with E-state index >= 15 is 0 Å². The summed E-state index contributed by atoms with van der Waals surface area (Å²) < 4.78 is 0. The lowest BCUT2D eigenvalue weighted by Gasteiger charge is -2.09. The van der Waals surface area contributed by atoms with E-state index in [1.165, 1.54) is 5.56 Å². The van der Waals surface area contributed by atoms with Crippen LogP contribution < -0.4 is 0 Å². The molecule has 0 N–H and O–H groups in total. The molecule has 0 bridgehead atoms. The Morgan fingerprint density at radius 2 is 2.00 bits per heavy atom. The Morgan fingerprint density at radius 1 is 1.31 bits per heavy atom. The van der Waals surface area contributed by atoms with Gasteiger partial charge in [0.2, 0.25) is 0 Å². The van der Waals surface area contributed by atoms with Crippen molar-refractivity contribution in [3.63, 3.8) is 0 Å². The van der Waals surface area contributed by atoms with Gasteiger partial charge in [0.05, 0.1) is 11.9 Å². The van der Waals surface area contributed by atoms with Gasteiger partial charge in [-0.05, 0) is 17.6 Å². The minimum Gasteiger partial charge on any atom is -0.158 e. The Labute approximate surface area is 79.0 Å². The molecular weight excluding hydrogens is 160 g/mol. The number of rotatable bonds is 3. The molecule has 0 saturated heterocycles. The molecule has 0 spiro atoms. The molecule has 0 radical (unpaired) electrons. The van der Waals surface area contributed by atoms with Crippen LogP contribution in [0, 0.1) is 0 Å². The summed E-state index contributed by atoms with van der Waals surface area (Å²) in [7, 11) is 0. The third-order valence-corrected chi connectivity index (χ3v) is 1.97. The van der Waals surface area contributed by atoms with Gasteiger partial charge < -0.3 is 0 Å². The molecule has 0 aromatic carbocycles. The molecule has 1 aromatic rings. The zero-order valence-corrected chi connectivity index (χ0v) is 8.12. The maximum Gasteiger partial charge on any atom is 0.0926 e. The Hall–Kier alpha value is -1.44. The van der Waals surface area contributed by atoms with E-state index in [4.69, 9.17) is 0 Å². The molecular formula is C11H14N2. The Morgan fingerprint density at radius 3 is 2.46 bits per heavy atom. The van der Waals surface area contributed by atoms with Crippen LogP contribution in [0.5, 0.6) is 0 Å². The van der Waals surface area contributed by atoms with Gasteiger partial charge in [-0.25, -0.2) is 0 Å². The second kappa shape index (κ2) is 3.99. The average Bonchev–Trinajstić information content (AvgIpc) is 2.16. The SMILES string of the molecule is C=Cc1nncc(C(C)C)c1C=C. The van der Waals surface area contributed by atoms with E-state index in [1.807, 2.05) is 0 Å². The summed E-state index contributed by atoms with van der Waals surface area (Å²) >= 11 is 0. The summed E-state index contributed by atoms with van der Waals surface area (Å²) in [5, 5.41) is 7.89. The second-order valence-electron chi connectivity index (χ2n) is 3.16. The molecule has 0 amide bonds. The van der Waals surface area contributed by atoms with Crippen LogP contribution in [-0.2, 0) is 0 Å². The molecule has 13 heavy (non-hydrogen) atoms. The molecule has 0 aliphatic rings. The minimum atomic E-state index is 0.433. The Bertz CT molecular complexity index is 327. The smallest absolute Gasteiger partial charge is 0.0926 e. The molecule has 1 aromatic heterocycles. The zero-order chi connectivity index (χ0) is 9.84. The third kappa shape index (κ3) is 1.83. The summed E-state index contributed by atoms with van der Waals surface area (Å²) in [4.78, 5) is 0. The topological polar surface area (TPSA) is 25.8 Å². The normalized spacial score (nSPS) is 10.1. The van der Waals surface area contributed by atoms with E-state index < -0.39 is 0 Å². The van der Waals surface area contributed by atoms with Crippen LogP contribution in [0.4, 0.5) is 0 Å². The zero-order valence-electron chi connectivity index (χ0n) is 8.12. The highest BCUT2D eigenvalue weighted by molar-refractivity contribution is 5.63. The first-order valence-electron chi connectivity index (χ1n) is 4.31. The maximum absolute atomic E-state index is 3.97. The van der Waals surface area contributed by atoms with E-state index in [9.17, 15) is 0 Å². The summed E-state index contributed by atoms with van der Waals surface area (Å²) in [5.74, 6) is 0.433. The van der Waals surface area contributed by atoms with Crippen LogP contribution in [0.25, 0.3) is 12.2 Å². The Kier molecular flexibility index (Phi) is 2.96. The van der Waals surface area contributed by atoms with E-state index in [2.05, 4.69) is 37.2 Å². The fourth-order valence-electron chi connectivity index (χ4n) is 1.26. The van der Waals surface area contributed by atoms with Gasteiger partial charge in [-0.2, -0.15) is 10.2 Å². The molecule has 0 aliphatic heterocycles. The van der Waals surface area contributed by atoms with Gasteiger partial charge >= 0.3 is 0 Å². The van der Waals surface area contributed by atoms with Crippen molar-refractivity contribution in [2.24, 2.45) is 0 Å². The highest BCUT2D eigenvalue weighted by atomic mass is 15.1. The van der Waals surface area contributed by atoms with Crippen molar-refractivity contribution in [1.29, 1.82) is 0 Å². The van der Waals surface area contributed by atoms with Gasteiger partial charge in [-0.1, -0.05) is 33.1 Å². The highest BCUT2D eigenvalue weighted by Gasteiger charge is 2.08. The Balaban J connectivity index is 3.35. The van der Waals surface area contributed by atoms with E-state index in [-0.39, 0.29) is 0 Å². The minimum absolute atomic E-state index is 0.433. The summed E-state index contributed by atoms with van der Waals surface area (Å²) in [6, 6.07) is 0. The molecule has 68 valence electrons. The number of nitrogens with zero attached hydrogens (tertiary/aromatic N) is 2. The molecule has 1 rings (SSSR count). The van der Waals surface area contributed by atoms with Gasteiger partial charge in [0.25, 0.3) is 0 Å². The van der Waals surface area contributed by atoms with Crippen LogP contribution in [0.15, 0.2) is 19.4 Å². The summed E-state index contributed by atoms with van der Waals surface area (Å²) in [6.45, 7) is 11.7. The number of aromatic nitrogens is 2. The first-order valence-corrected chi connectivity index (χ1v) is 4.31. The highest BCUT2D eigenvalue weighted by Crippen LogP contribution is 2.21. The van der Waals surface area contributed by atoms with Gasteiger partial charge in [-0.3, -0.25) is 0 Å². The first-order chi connectivity index (χ1) is 6.20. The maximum atomic E-state index is 3.97. The monoisotopic (exact) mass is 174 g/mol. The van der Waals surface area contributed by atoms with E-state index in [0.717, 1.165) is 11.3 Å². The lowest BCUT2D eigenvalue weighted by atomic mass is 9.98. The van der Waals surface area contributed by atoms with Crippen molar-refractivity contribution in [2.45, 2.75) is 19.8 Å². The molecule has 0 saturated carbocycles. The van der Waals surface area contributed by atoms with Gasteiger partial charge in [0.15, 0.2) is 0 Å². The molecule has 2 heteroatoms. The molecule has 1 heterocycles. The third-order valence-electron chi connectivity index (χ3n) is 1.97. The quantitative estimate of drug-likeness (QED) is 0.704. The molecule has 0 aliphatic carbocycles.